The van der Waals surface area contributed by atoms with Crippen molar-refractivity contribution >= 4 is 17.8 Å². The predicted octanol–water partition coefficient (Wildman–Crippen LogP) is 0.636. The van der Waals surface area contributed by atoms with Crippen LogP contribution in [0.15, 0.2) is 30.3 Å². The van der Waals surface area contributed by atoms with Crippen molar-refractivity contribution < 1.29 is 19.5 Å². The second kappa shape index (κ2) is 11.5. The number of likely N-dealkylation sites (tertiary alicyclic amines) is 1. The summed E-state index contributed by atoms with van der Waals surface area (Å²) in [5.41, 5.74) is 12.7. The third-order valence-electron chi connectivity index (χ3n) is 5.19. The van der Waals surface area contributed by atoms with E-state index in [9.17, 15) is 19.5 Å². The molecule has 1 aliphatic heterocycles. The summed E-state index contributed by atoms with van der Waals surface area (Å²) < 4.78 is 0. The molecule has 0 spiro atoms. The number of carbonyl (C=O) groups is 3. The first-order valence-corrected chi connectivity index (χ1v) is 10.2. The van der Waals surface area contributed by atoms with Crippen molar-refractivity contribution in [1.82, 2.24) is 10.2 Å². The Labute approximate surface area is 171 Å². The van der Waals surface area contributed by atoms with Gasteiger partial charge in [-0.1, -0.05) is 30.3 Å². The molecular weight excluding hydrogens is 372 g/mol. The zero-order chi connectivity index (χ0) is 21.2. The van der Waals surface area contributed by atoms with E-state index in [0.717, 1.165) is 12.0 Å². The topological polar surface area (TPSA) is 139 Å². The molecule has 8 heteroatoms. The summed E-state index contributed by atoms with van der Waals surface area (Å²) in [4.78, 5) is 38.3. The molecule has 29 heavy (non-hydrogen) atoms. The van der Waals surface area contributed by atoms with Crippen LogP contribution in [0.25, 0.3) is 0 Å². The van der Waals surface area contributed by atoms with Crippen molar-refractivity contribution in [3.05, 3.63) is 35.9 Å². The van der Waals surface area contributed by atoms with Crippen LogP contribution in [0.4, 0.5) is 0 Å². The molecule has 1 heterocycles. The Morgan fingerprint density at radius 2 is 1.93 bits per heavy atom. The number of carboxylic acids is 1. The molecule has 0 unspecified atom stereocenters. The average molecular weight is 405 g/mol. The van der Waals surface area contributed by atoms with Gasteiger partial charge in [0.25, 0.3) is 0 Å². The second-order valence-electron chi connectivity index (χ2n) is 7.59. The maximum absolute atomic E-state index is 13.0. The summed E-state index contributed by atoms with van der Waals surface area (Å²) >= 11 is 0. The van der Waals surface area contributed by atoms with Gasteiger partial charge in [0.15, 0.2) is 0 Å². The van der Waals surface area contributed by atoms with E-state index in [1.54, 1.807) is 0 Å². The van der Waals surface area contributed by atoms with Gasteiger partial charge in [0.05, 0.1) is 0 Å². The van der Waals surface area contributed by atoms with E-state index in [2.05, 4.69) is 5.32 Å². The number of carboxylic acid groups (broad SMARTS) is 1. The number of nitrogens with two attached hydrogens (primary N) is 2. The molecule has 8 nitrogen and oxygen atoms in total. The van der Waals surface area contributed by atoms with Gasteiger partial charge in [-0.05, 0) is 50.6 Å². The number of unbranched alkanes of at least 4 members (excludes halogenated alkanes) is 1. The van der Waals surface area contributed by atoms with E-state index in [-0.39, 0.29) is 24.3 Å². The molecule has 3 atom stereocenters. The van der Waals surface area contributed by atoms with E-state index >= 15 is 0 Å². The Hall–Kier alpha value is -2.45. The monoisotopic (exact) mass is 404 g/mol. The van der Waals surface area contributed by atoms with Crippen molar-refractivity contribution in [2.24, 2.45) is 11.5 Å². The third-order valence-corrected chi connectivity index (χ3v) is 5.19. The van der Waals surface area contributed by atoms with Crippen LogP contribution >= 0.6 is 0 Å². The largest absolute Gasteiger partial charge is 0.480 e. The van der Waals surface area contributed by atoms with Crippen LogP contribution in [0.5, 0.6) is 0 Å². The summed E-state index contributed by atoms with van der Waals surface area (Å²) in [6.07, 6.45) is 3.58. The molecule has 0 aromatic heterocycles. The zero-order valence-electron chi connectivity index (χ0n) is 16.8. The van der Waals surface area contributed by atoms with Crippen molar-refractivity contribution in [1.29, 1.82) is 0 Å². The molecular formula is C21H32N4O4. The molecule has 2 amide bonds. The fourth-order valence-electron chi connectivity index (χ4n) is 3.72. The number of nitrogens with zero attached hydrogens (tertiary/aromatic N) is 1. The van der Waals surface area contributed by atoms with Crippen molar-refractivity contribution in [3.8, 4) is 0 Å². The molecule has 0 aliphatic carbocycles. The van der Waals surface area contributed by atoms with E-state index in [0.29, 0.717) is 45.2 Å². The van der Waals surface area contributed by atoms with Gasteiger partial charge in [-0.25, -0.2) is 4.79 Å². The maximum Gasteiger partial charge on any atom is 0.326 e. The Morgan fingerprint density at radius 3 is 2.59 bits per heavy atom. The molecule has 6 N–H and O–H groups in total. The highest BCUT2D eigenvalue weighted by Gasteiger charge is 2.37. The minimum atomic E-state index is -1.01. The van der Waals surface area contributed by atoms with Gasteiger partial charge in [-0.2, -0.15) is 0 Å². The van der Waals surface area contributed by atoms with Crippen LogP contribution in [-0.4, -0.2) is 59.0 Å². The van der Waals surface area contributed by atoms with E-state index in [1.807, 2.05) is 30.3 Å². The van der Waals surface area contributed by atoms with Crippen LogP contribution in [0.1, 0.15) is 44.1 Å². The Balaban J connectivity index is 1.96. The van der Waals surface area contributed by atoms with E-state index < -0.39 is 18.1 Å². The van der Waals surface area contributed by atoms with Crippen LogP contribution in [0, 0.1) is 0 Å². The molecule has 1 aliphatic rings. The number of amides is 2. The van der Waals surface area contributed by atoms with Gasteiger partial charge in [0.2, 0.25) is 11.8 Å². The van der Waals surface area contributed by atoms with Crippen molar-refractivity contribution in [2.75, 3.05) is 13.1 Å². The first kappa shape index (κ1) is 22.8. The van der Waals surface area contributed by atoms with Gasteiger partial charge in [0.1, 0.15) is 12.1 Å². The number of hydrogen-bond donors (Lipinski definition) is 4. The number of nitrogens with one attached hydrogen (secondary N) is 1. The molecule has 0 bridgehead atoms. The fraction of sp³-hybridized carbons (Fsp3) is 0.571. The summed E-state index contributed by atoms with van der Waals surface area (Å²) in [5.74, 6) is -1.64. The lowest BCUT2D eigenvalue weighted by Crippen LogP contribution is -2.52. The van der Waals surface area contributed by atoms with Crippen LogP contribution < -0.4 is 16.8 Å². The number of aliphatic carboxylic acids is 1. The van der Waals surface area contributed by atoms with Crippen LogP contribution in [0.3, 0.4) is 0 Å². The van der Waals surface area contributed by atoms with Gasteiger partial charge in [0, 0.05) is 19.0 Å². The van der Waals surface area contributed by atoms with Gasteiger partial charge in [-0.15, -0.1) is 0 Å². The maximum atomic E-state index is 13.0. The molecule has 2 rings (SSSR count). The first-order valence-electron chi connectivity index (χ1n) is 10.2. The van der Waals surface area contributed by atoms with Gasteiger partial charge < -0.3 is 26.8 Å². The van der Waals surface area contributed by atoms with Crippen molar-refractivity contribution in [3.63, 3.8) is 0 Å². The summed E-state index contributed by atoms with van der Waals surface area (Å²) in [7, 11) is 0. The summed E-state index contributed by atoms with van der Waals surface area (Å²) in [6.45, 7) is 0.894. The minimum Gasteiger partial charge on any atom is -0.480 e. The third kappa shape index (κ3) is 7.14. The summed E-state index contributed by atoms with van der Waals surface area (Å²) in [5, 5.41) is 12.1. The molecule has 1 fully saturated rings. The lowest BCUT2D eigenvalue weighted by Gasteiger charge is -2.27. The normalized spacial score (nSPS) is 18.3. The lowest BCUT2D eigenvalue weighted by molar-refractivity contribution is -0.149. The SMILES string of the molecule is NCCCC[C@H](NC(=O)C[C@@H](N)Cc1ccccc1)C(=O)N1CCC[C@H]1C(=O)O. The Kier molecular flexibility index (Phi) is 9.08. The van der Waals surface area contributed by atoms with Crippen LogP contribution in [-0.2, 0) is 20.8 Å². The summed E-state index contributed by atoms with van der Waals surface area (Å²) in [6, 6.07) is 7.73. The van der Waals surface area contributed by atoms with Gasteiger partial charge >= 0.3 is 5.97 Å². The minimum absolute atomic E-state index is 0.0952. The van der Waals surface area contributed by atoms with Crippen molar-refractivity contribution in [2.45, 2.75) is 63.1 Å². The van der Waals surface area contributed by atoms with Gasteiger partial charge in [-0.3, -0.25) is 9.59 Å². The number of benzene rings is 1. The Bertz CT molecular complexity index is 683. The first-order chi connectivity index (χ1) is 13.9. The standard InChI is InChI=1S/C21H32N4O4/c22-11-5-4-9-17(20(27)25-12-6-10-18(25)21(28)29)24-19(26)14-16(23)13-15-7-2-1-3-8-15/h1-3,7-8,16-18H,4-6,9-14,22-23H2,(H,24,26)(H,28,29)/t16-,17-,18-/m0/s1. The van der Waals surface area contributed by atoms with E-state index in [4.69, 9.17) is 11.5 Å². The molecule has 1 aromatic rings. The quantitative estimate of drug-likeness (QED) is 0.399. The van der Waals surface area contributed by atoms with E-state index in [1.165, 1.54) is 4.90 Å². The molecule has 0 saturated carbocycles. The molecule has 0 radical (unpaired) electrons. The fourth-order valence-corrected chi connectivity index (χ4v) is 3.72. The molecule has 160 valence electrons. The number of rotatable bonds is 11. The molecule has 1 aromatic carbocycles. The lowest BCUT2D eigenvalue weighted by atomic mass is 10.0. The predicted molar refractivity (Wildman–Crippen MR) is 110 cm³/mol. The smallest absolute Gasteiger partial charge is 0.326 e. The zero-order valence-corrected chi connectivity index (χ0v) is 16.8. The second-order valence-corrected chi connectivity index (χ2v) is 7.59. The highest BCUT2D eigenvalue weighted by atomic mass is 16.4. The Morgan fingerprint density at radius 1 is 1.21 bits per heavy atom. The number of hydrogen-bond acceptors (Lipinski definition) is 5. The number of carbonyl (C=O) groups excluding carboxylic acids is 2. The highest BCUT2D eigenvalue weighted by molar-refractivity contribution is 5.91. The molecule has 1 saturated heterocycles. The van der Waals surface area contributed by atoms with Crippen LogP contribution in [0.2, 0.25) is 0 Å². The average Bonchev–Trinajstić information content (AvgIpc) is 3.17. The highest BCUT2D eigenvalue weighted by Crippen LogP contribution is 2.20.